The van der Waals surface area contributed by atoms with E-state index in [0.717, 1.165) is 11.1 Å². The number of carbonyl (C=O) groups is 2. The third-order valence-electron chi connectivity index (χ3n) is 5.06. The van der Waals surface area contributed by atoms with Crippen molar-refractivity contribution in [1.82, 2.24) is 15.0 Å². The van der Waals surface area contributed by atoms with Gasteiger partial charge in [0, 0.05) is 18.0 Å². The van der Waals surface area contributed by atoms with Crippen LogP contribution in [0.4, 0.5) is 5.95 Å². The first-order valence-electron chi connectivity index (χ1n) is 9.26. The molecule has 0 saturated carbocycles. The Morgan fingerprint density at radius 1 is 1.17 bits per heavy atom. The lowest BCUT2D eigenvalue weighted by molar-refractivity contribution is -0.132. The Bertz CT molecular complexity index is 1310. The molecule has 1 unspecified atom stereocenters. The molecule has 2 N–H and O–H groups in total. The first-order chi connectivity index (χ1) is 14.5. The summed E-state index contributed by atoms with van der Waals surface area (Å²) >= 11 is 0. The smallest absolute Gasteiger partial charge is 0.302 e. The van der Waals surface area contributed by atoms with Crippen molar-refractivity contribution in [3.05, 3.63) is 83.6 Å². The molecule has 1 aromatic carbocycles. The number of amides is 1. The zero-order chi connectivity index (χ0) is 20.8. The lowest BCUT2D eigenvalue weighted by Crippen LogP contribution is -2.30. The largest absolute Gasteiger partial charge is 0.507 e. The van der Waals surface area contributed by atoms with Crippen LogP contribution < -0.4 is 4.90 Å². The normalized spacial score (nSPS) is 18.4. The number of pyridine rings is 1. The molecule has 4 heterocycles. The summed E-state index contributed by atoms with van der Waals surface area (Å²) in [5, 5.41) is 10.9. The van der Waals surface area contributed by atoms with Gasteiger partial charge in [-0.15, -0.1) is 0 Å². The number of rotatable bonds is 3. The number of ketones is 1. The van der Waals surface area contributed by atoms with Gasteiger partial charge in [0.2, 0.25) is 5.95 Å². The fraction of sp³-hybridized carbons (Fsp3) is 0.0909. The van der Waals surface area contributed by atoms with Crippen LogP contribution in [-0.4, -0.2) is 31.7 Å². The Labute approximate surface area is 170 Å². The van der Waals surface area contributed by atoms with Crippen molar-refractivity contribution in [2.75, 3.05) is 4.90 Å². The van der Waals surface area contributed by atoms with Crippen LogP contribution in [-0.2, 0) is 9.59 Å². The summed E-state index contributed by atoms with van der Waals surface area (Å²) in [4.78, 5) is 38.7. The number of Topliss-reactive ketones (excluding diaryl/α,β-unsaturated/α-hetero) is 1. The molecule has 5 rings (SSSR count). The number of benzene rings is 1. The summed E-state index contributed by atoms with van der Waals surface area (Å²) in [5.74, 6) is -1.38. The van der Waals surface area contributed by atoms with Gasteiger partial charge in [0.15, 0.2) is 0 Å². The lowest BCUT2D eigenvalue weighted by Gasteiger charge is -2.20. The second-order valence-corrected chi connectivity index (χ2v) is 7.00. The average Bonchev–Trinajstić information content (AvgIpc) is 3.47. The zero-order valence-electron chi connectivity index (χ0n) is 15.9. The van der Waals surface area contributed by atoms with Crippen LogP contribution in [0.5, 0.6) is 0 Å². The van der Waals surface area contributed by atoms with Gasteiger partial charge >= 0.3 is 5.91 Å². The van der Waals surface area contributed by atoms with Gasteiger partial charge in [-0.05, 0) is 48.9 Å². The topological polar surface area (TPSA) is 112 Å². The number of hydrogen-bond acceptors (Lipinski definition) is 6. The Hall–Kier alpha value is -4.20. The van der Waals surface area contributed by atoms with Crippen molar-refractivity contribution in [3.63, 3.8) is 0 Å². The second-order valence-electron chi connectivity index (χ2n) is 7.00. The van der Waals surface area contributed by atoms with E-state index in [0.29, 0.717) is 16.8 Å². The molecule has 148 valence electrons. The minimum atomic E-state index is -0.963. The third-order valence-corrected chi connectivity index (χ3v) is 5.06. The van der Waals surface area contributed by atoms with E-state index >= 15 is 0 Å². The molecule has 1 fully saturated rings. The molecule has 0 bridgehead atoms. The standard InChI is InChI=1S/C22H16N4O4/c1-12-4-5-14-15(11-12)25-22(24-14)26-18(16-3-2-10-30-16)17(20(28)21(26)29)19(27)13-6-8-23-9-7-13/h2-11,18,27H,1H3,(H,24,25)/b19-17+. The van der Waals surface area contributed by atoms with E-state index in [1.165, 1.54) is 23.6 Å². The van der Waals surface area contributed by atoms with Gasteiger partial charge in [0.05, 0.1) is 22.9 Å². The van der Waals surface area contributed by atoms with Gasteiger partial charge in [-0.25, -0.2) is 4.98 Å². The Kier molecular flexibility index (Phi) is 3.99. The van der Waals surface area contributed by atoms with Crippen LogP contribution in [0.3, 0.4) is 0 Å². The highest BCUT2D eigenvalue weighted by Crippen LogP contribution is 2.41. The van der Waals surface area contributed by atoms with Crippen LogP contribution in [0.2, 0.25) is 0 Å². The fourth-order valence-electron chi connectivity index (χ4n) is 3.66. The zero-order valence-corrected chi connectivity index (χ0v) is 15.9. The molecular formula is C22H16N4O4. The molecule has 1 amide bonds. The van der Waals surface area contributed by atoms with Gasteiger partial charge in [-0.3, -0.25) is 19.5 Å². The number of H-pyrrole nitrogens is 1. The van der Waals surface area contributed by atoms with E-state index in [4.69, 9.17) is 4.42 Å². The summed E-state index contributed by atoms with van der Waals surface area (Å²) in [6.45, 7) is 1.95. The number of anilines is 1. The molecular weight excluding hydrogens is 384 g/mol. The maximum atomic E-state index is 13.0. The second kappa shape index (κ2) is 6.70. The Morgan fingerprint density at radius 2 is 1.97 bits per heavy atom. The summed E-state index contributed by atoms with van der Waals surface area (Å²) in [6, 6.07) is 11.1. The summed E-state index contributed by atoms with van der Waals surface area (Å²) in [6.07, 6.45) is 4.44. The van der Waals surface area contributed by atoms with Crippen molar-refractivity contribution >= 4 is 34.4 Å². The van der Waals surface area contributed by atoms with Gasteiger partial charge in [0.25, 0.3) is 5.78 Å². The van der Waals surface area contributed by atoms with E-state index in [2.05, 4.69) is 15.0 Å². The molecule has 0 spiro atoms. The quantitative estimate of drug-likeness (QED) is 0.309. The number of hydrogen-bond donors (Lipinski definition) is 2. The molecule has 1 aliphatic heterocycles. The molecule has 1 aliphatic rings. The van der Waals surface area contributed by atoms with E-state index in [-0.39, 0.29) is 17.3 Å². The summed E-state index contributed by atoms with van der Waals surface area (Å²) in [5.41, 5.74) is 2.72. The molecule has 1 atom stereocenters. The van der Waals surface area contributed by atoms with Crippen molar-refractivity contribution in [2.24, 2.45) is 0 Å². The molecule has 0 radical (unpaired) electrons. The average molecular weight is 400 g/mol. The van der Waals surface area contributed by atoms with Gasteiger partial charge in [-0.1, -0.05) is 6.07 Å². The number of aromatic nitrogens is 3. The predicted octanol–water partition coefficient (Wildman–Crippen LogP) is 3.49. The predicted molar refractivity (Wildman–Crippen MR) is 109 cm³/mol. The number of aryl methyl sites for hydroxylation is 1. The summed E-state index contributed by atoms with van der Waals surface area (Å²) < 4.78 is 5.53. The molecule has 8 heteroatoms. The highest BCUT2D eigenvalue weighted by Gasteiger charge is 2.49. The molecule has 30 heavy (non-hydrogen) atoms. The number of aliphatic hydroxyl groups excluding tert-OH is 1. The number of nitrogens with one attached hydrogen (secondary N) is 1. The van der Waals surface area contributed by atoms with Crippen LogP contribution in [0.15, 0.2) is 71.1 Å². The monoisotopic (exact) mass is 400 g/mol. The van der Waals surface area contributed by atoms with Crippen molar-refractivity contribution < 1.29 is 19.1 Å². The minimum absolute atomic E-state index is 0.0715. The Morgan fingerprint density at radius 3 is 2.70 bits per heavy atom. The van der Waals surface area contributed by atoms with E-state index < -0.39 is 17.7 Å². The van der Waals surface area contributed by atoms with Crippen LogP contribution in [0.1, 0.15) is 22.9 Å². The van der Waals surface area contributed by atoms with E-state index in [1.807, 2.05) is 25.1 Å². The number of imidazole rings is 1. The van der Waals surface area contributed by atoms with Gasteiger partial charge in [0.1, 0.15) is 17.6 Å². The number of nitrogens with zero attached hydrogens (tertiary/aromatic N) is 3. The minimum Gasteiger partial charge on any atom is -0.507 e. The molecule has 1 saturated heterocycles. The van der Waals surface area contributed by atoms with Crippen LogP contribution >= 0.6 is 0 Å². The number of aromatic amines is 1. The number of carbonyl (C=O) groups excluding carboxylic acids is 2. The van der Waals surface area contributed by atoms with Crippen molar-refractivity contribution in [3.8, 4) is 0 Å². The van der Waals surface area contributed by atoms with E-state index in [1.54, 1.807) is 24.3 Å². The van der Waals surface area contributed by atoms with Crippen molar-refractivity contribution in [2.45, 2.75) is 13.0 Å². The Balaban J connectivity index is 1.72. The van der Waals surface area contributed by atoms with Crippen LogP contribution in [0.25, 0.3) is 16.8 Å². The fourth-order valence-corrected chi connectivity index (χ4v) is 3.66. The van der Waals surface area contributed by atoms with Gasteiger partial charge in [-0.2, -0.15) is 0 Å². The lowest BCUT2D eigenvalue weighted by atomic mass is 10.00. The molecule has 3 aromatic heterocycles. The van der Waals surface area contributed by atoms with E-state index in [9.17, 15) is 14.7 Å². The SMILES string of the molecule is Cc1ccc2nc(N3C(=O)C(=O)/C(=C(/O)c4ccncc4)C3c3ccco3)[nH]c2c1. The molecule has 8 nitrogen and oxygen atoms in total. The highest BCUT2D eigenvalue weighted by atomic mass is 16.3. The summed E-state index contributed by atoms with van der Waals surface area (Å²) in [7, 11) is 0. The van der Waals surface area contributed by atoms with Crippen LogP contribution in [0, 0.1) is 6.92 Å². The first kappa shape index (κ1) is 17.9. The number of aliphatic hydroxyl groups is 1. The highest BCUT2D eigenvalue weighted by molar-refractivity contribution is 6.51. The molecule has 0 aliphatic carbocycles. The maximum absolute atomic E-state index is 13.0. The molecule has 4 aromatic rings. The first-order valence-corrected chi connectivity index (χ1v) is 9.26. The van der Waals surface area contributed by atoms with Gasteiger partial charge < -0.3 is 14.5 Å². The number of furan rings is 1. The van der Waals surface area contributed by atoms with Crippen molar-refractivity contribution in [1.29, 1.82) is 0 Å². The maximum Gasteiger partial charge on any atom is 0.302 e. The number of fused-ring (bicyclic) bond motifs is 1. The third kappa shape index (κ3) is 2.69.